The normalized spacial score (nSPS) is 10.9. The molecule has 24 heavy (non-hydrogen) atoms. The van der Waals surface area contributed by atoms with Crippen LogP contribution in [0.3, 0.4) is 0 Å². The molecule has 1 heterocycles. The number of carboxylic acid groups (broad SMARTS) is 1. The quantitative estimate of drug-likeness (QED) is 0.848. The lowest BCUT2D eigenvalue weighted by Gasteiger charge is -2.07. The second kappa shape index (κ2) is 7.20. The van der Waals surface area contributed by atoms with Crippen molar-refractivity contribution in [2.45, 2.75) is 33.4 Å². The Kier molecular flexibility index (Phi) is 5.28. The maximum absolute atomic E-state index is 12.8. The van der Waals surface area contributed by atoms with Crippen LogP contribution in [0, 0.1) is 13.8 Å². The van der Waals surface area contributed by atoms with Gasteiger partial charge in [-0.25, -0.2) is 9.48 Å². The van der Waals surface area contributed by atoms with Crippen molar-refractivity contribution in [1.29, 1.82) is 0 Å². The fraction of sp³-hybridized carbons (Fsp3) is 0.312. The third-order valence-corrected chi connectivity index (χ3v) is 3.66. The average Bonchev–Trinajstić information content (AvgIpc) is 2.81. The number of alkyl halides is 2. The molecule has 128 valence electrons. The summed E-state index contributed by atoms with van der Waals surface area (Å²) in [6, 6.07) is 6.21. The van der Waals surface area contributed by atoms with Crippen molar-refractivity contribution in [3.63, 3.8) is 0 Å². The summed E-state index contributed by atoms with van der Waals surface area (Å²) in [4.78, 5) is 22.9. The predicted octanol–water partition coefficient (Wildman–Crippen LogP) is 2.45. The average molecular weight is 337 g/mol. The zero-order valence-corrected chi connectivity index (χ0v) is 13.2. The molecule has 1 aromatic heterocycles. The highest BCUT2D eigenvalue weighted by molar-refractivity contribution is 5.87. The standard InChI is InChI=1S/C16H17F2N3O3/c1-9-13(10(2)21(20-9)16(17)18)7-14(22)19-8-11-4-3-5-12(6-11)15(23)24/h3-6,16H,7-8H2,1-2H3,(H,19,22)(H,23,24). The summed E-state index contributed by atoms with van der Waals surface area (Å²) >= 11 is 0. The fourth-order valence-electron chi connectivity index (χ4n) is 2.38. The van der Waals surface area contributed by atoms with E-state index in [1.165, 1.54) is 19.1 Å². The van der Waals surface area contributed by atoms with Crippen molar-refractivity contribution in [2.75, 3.05) is 0 Å². The van der Waals surface area contributed by atoms with Crippen LogP contribution >= 0.6 is 0 Å². The number of aryl methyl sites for hydroxylation is 1. The third-order valence-electron chi connectivity index (χ3n) is 3.66. The molecule has 0 saturated carbocycles. The van der Waals surface area contributed by atoms with E-state index in [1.807, 2.05) is 0 Å². The Bertz CT molecular complexity index is 772. The molecule has 0 saturated heterocycles. The molecular formula is C16H17F2N3O3. The van der Waals surface area contributed by atoms with Gasteiger partial charge in [0.1, 0.15) is 0 Å². The van der Waals surface area contributed by atoms with Crippen LogP contribution in [0.5, 0.6) is 0 Å². The number of carbonyl (C=O) groups excluding carboxylic acids is 1. The zero-order chi connectivity index (χ0) is 17.9. The first kappa shape index (κ1) is 17.6. The Labute approximate surface area is 137 Å². The van der Waals surface area contributed by atoms with E-state index in [4.69, 9.17) is 5.11 Å². The van der Waals surface area contributed by atoms with Crippen molar-refractivity contribution < 1.29 is 23.5 Å². The van der Waals surface area contributed by atoms with E-state index in [0.29, 0.717) is 21.5 Å². The molecule has 0 atom stereocenters. The summed E-state index contributed by atoms with van der Waals surface area (Å²) in [5, 5.41) is 15.3. The SMILES string of the molecule is Cc1nn(C(F)F)c(C)c1CC(=O)NCc1cccc(C(=O)O)c1. The van der Waals surface area contributed by atoms with Crippen LogP contribution in [0.25, 0.3) is 0 Å². The molecule has 1 aromatic carbocycles. The molecule has 2 N–H and O–H groups in total. The van der Waals surface area contributed by atoms with E-state index < -0.39 is 12.5 Å². The maximum Gasteiger partial charge on any atom is 0.335 e. The van der Waals surface area contributed by atoms with Gasteiger partial charge in [-0.15, -0.1) is 0 Å². The van der Waals surface area contributed by atoms with Gasteiger partial charge in [-0.1, -0.05) is 12.1 Å². The molecule has 0 aliphatic heterocycles. The van der Waals surface area contributed by atoms with Gasteiger partial charge < -0.3 is 10.4 Å². The number of carboxylic acids is 1. The molecule has 6 nitrogen and oxygen atoms in total. The van der Waals surface area contributed by atoms with Crippen LogP contribution in [-0.2, 0) is 17.8 Å². The van der Waals surface area contributed by atoms with Gasteiger partial charge in [-0.3, -0.25) is 4.79 Å². The maximum atomic E-state index is 12.8. The van der Waals surface area contributed by atoms with Crippen molar-refractivity contribution >= 4 is 11.9 Å². The van der Waals surface area contributed by atoms with Crippen LogP contribution in [0.15, 0.2) is 24.3 Å². The summed E-state index contributed by atoms with van der Waals surface area (Å²) in [6.45, 7) is 0.469. The molecule has 0 aliphatic carbocycles. The van der Waals surface area contributed by atoms with Crippen molar-refractivity contribution in [3.8, 4) is 0 Å². The minimum Gasteiger partial charge on any atom is -0.478 e. The number of carbonyl (C=O) groups is 2. The van der Waals surface area contributed by atoms with Gasteiger partial charge in [-0.05, 0) is 31.5 Å². The lowest BCUT2D eigenvalue weighted by molar-refractivity contribution is -0.120. The van der Waals surface area contributed by atoms with Crippen molar-refractivity contribution in [3.05, 3.63) is 52.3 Å². The Balaban J connectivity index is 2.02. The molecule has 0 fully saturated rings. The number of rotatable bonds is 6. The molecule has 0 aliphatic rings. The van der Waals surface area contributed by atoms with Gasteiger partial charge in [0.2, 0.25) is 5.91 Å². The Morgan fingerprint density at radius 3 is 2.62 bits per heavy atom. The minimum atomic E-state index is -2.75. The van der Waals surface area contributed by atoms with Crippen LogP contribution in [0.2, 0.25) is 0 Å². The summed E-state index contributed by atoms with van der Waals surface area (Å²) in [6.07, 6.45) is -0.0665. The van der Waals surface area contributed by atoms with Crippen LogP contribution in [0.1, 0.15) is 39.4 Å². The summed E-state index contributed by atoms with van der Waals surface area (Å²) < 4.78 is 26.2. The lowest BCUT2D eigenvalue weighted by Crippen LogP contribution is -2.25. The molecule has 0 spiro atoms. The molecule has 1 amide bonds. The van der Waals surface area contributed by atoms with Gasteiger partial charge in [-0.2, -0.15) is 13.9 Å². The molecule has 2 aromatic rings. The van der Waals surface area contributed by atoms with Crippen molar-refractivity contribution in [2.24, 2.45) is 0 Å². The Morgan fingerprint density at radius 2 is 2.04 bits per heavy atom. The van der Waals surface area contributed by atoms with Gasteiger partial charge in [0, 0.05) is 17.8 Å². The highest BCUT2D eigenvalue weighted by atomic mass is 19.3. The molecule has 0 radical (unpaired) electrons. The first-order valence-corrected chi connectivity index (χ1v) is 7.21. The van der Waals surface area contributed by atoms with Gasteiger partial charge in [0.05, 0.1) is 17.7 Å². The second-order valence-electron chi connectivity index (χ2n) is 5.33. The highest BCUT2D eigenvalue weighted by Gasteiger charge is 2.19. The Hall–Kier alpha value is -2.77. The van der Waals surface area contributed by atoms with Gasteiger partial charge in [0.15, 0.2) is 0 Å². The second-order valence-corrected chi connectivity index (χ2v) is 5.33. The van der Waals surface area contributed by atoms with E-state index in [-0.39, 0.29) is 30.1 Å². The molecule has 2 rings (SSSR count). The van der Waals surface area contributed by atoms with E-state index in [0.717, 1.165) is 0 Å². The molecule has 0 unspecified atom stereocenters. The lowest BCUT2D eigenvalue weighted by atomic mass is 10.1. The summed E-state index contributed by atoms with van der Waals surface area (Å²) in [7, 11) is 0. The van der Waals surface area contributed by atoms with E-state index in [2.05, 4.69) is 10.4 Å². The smallest absolute Gasteiger partial charge is 0.335 e. The Morgan fingerprint density at radius 1 is 1.33 bits per heavy atom. The number of aromatic carboxylic acids is 1. The third kappa shape index (κ3) is 3.95. The fourth-order valence-corrected chi connectivity index (χ4v) is 2.38. The number of hydrogen-bond acceptors (Lipinski definition) is 3. The van der Waals surface area contributed by atoms with Gasteiger partial charge >= 0.3 is 12.5 Å². The van der Waals surface area contributed by atoms with Gasteiger partial charge in [0.25, 0.3) is 0 Å². The summed E-state index contributed by atoms with van der Waals surface area (Å²) in [5.41, 5.74) is 1.88. The topological polar surface area (TPSA) is 84.2 Å². The first-order chi connectivity index (χ1) is 11.3. The number of benzene rings is 1. The number of aromatic nitrogens is 2. The summed E-state index contributed by atoms with van der Waals surface area (Å²) in [5.74, 6) is -1.40. The number of hydrogen-bond donors (Lipinski definition) is 2. The molecular weight excluding hydrogens is 320 g/mol. The molecule has 8 heteroatoms. The zero-order valence-electron chi connectivity index (χ0n) is 13.2. The van der Waals surface area contributed by atoms with E-state index in [1.54, 1.807) is 19.1 Å². The largest absolute Gasteiger partial charge is 0.478 e. The van der Waals surface area contributed by atoms with Crippen LogP contribution < -0.4 is 5.32 Å². The number of nitrogens with zero attached hydrogens (tertiary/aromatic N) is 2. The van der Waals surface area contributed by atoms with Crippen molar-refractivity contribution in [1.82, 2.24) is 15.1 Å². The number of halogens is 2. The van der Waals surface area contributed by atoms with E-state index in [9.17, 15) is 18.4 Å². The molecule has 0 bridgehead atoms. The van der Waals surface area contributed by atoms with Crippen LogP contribution in [-0.4, -0.2) is 26.8 Å². The number of amides is 1. The first-order valence-electron chi connectivity index (χ1n) is 7.21. The minimum absolute atomic E-state index is 0.0665. The van der Waals surface area contributed by atoms with Crippen LogP contribution in [0.4, 0.5) is 8.78 Å². The monoisotopic (exact) mass is 337 g/mol. The number of nitrogens with one attached hydrogen (secondary N) is 1. The highest BCUT2D eigenvalue weighted by Crippen LogP contribution is 2.19. The predicted molar refractivity (Wildman–Crippen MR) is 81.9 cm³/mol. The van der Waals surface area contributed by atoms with E-state index >= 15 is 0 Å².